The second kappa shape index (κ2) is 6.78. The summed E-state index contributed by atoms with van der Waals surface area (Å²) in [6.45, 7) is 1.22. The Kier molecular flexibility index (Phi) is 5.05. The maximum atomic E-state index is 11.8. The molecule has 0 saturated carbocycles. The summed E-state index contributed by atoms with van der Waals surface area (Å²) in [5, 5.41) is 12.5. The maximum absolute atomic E-state index is 11.8. The van der Waals surface area contributed by atoms with Gasteiger partial charge in [0.05, 0.1) is 12.0 Å². The lowest BCUT2D eigenvalue weighted by molar-refractivity contribution is -0.119. The van der Waals surface area contributed by atoms with Crippen molar-refractivity contribution < 1.29 is 9.90 Å². The van der Waals surface area contributed by atoms with Crippen molar-refractivity contribution in [3.63, 3.8) is 0 Å². The van der Waals surface area contributed by atoms with Gasteiger partial charge in [-0.05, 0) is 37.1 Å². The second-order valence-electron chi connectivity index (χ2n) is 4.74. The van der Waals surface area contributed by atoms with Crippen LogP contribution in [0, 0.1) is 0 Å². The van der Waals surface area contributed by atoms with Gasteiger partial charge >= 0.3 is 0 Å². The Bertz CT molecular complexity index is 422. The molecule has 1 heterocycles. The molecule has 0 aliphatic carbocycles. The van der Waals surface area contributed by atoms with Gasteiger partial charge < -0.3 is 15.3 Å². The molecule has 104 valence electrons. The van der Waals surface area contributed by atoms with E-state index >= 15 is 0 Å². The molecule has 0 bridgehead atoms. The Morgan fingerprint density at radius 3 is 2.68 bits per heavy atom. The van der Waals surface area contributed by atoms with Gasteiger partial charge in [0.15, 0.2) is 0 Å². The zero-order valence-electron chi connectivity index (χ0n) is 10.8. The molecule has 0 aromatic heterocycles. The smallest absolute Gasteiger partial charge is 0.226 e. The number of carbonyl (C=O) groups excluding carboxylic acids is 1. The van der Waals surface area contributed by atoms with Gasteiger partial charge in [0.25, 0.3) is 0 Å². The van der Waals surface area contributed by atoms with Crippen LogP contribution in [0.15, 0.2) is 24.3 Å². The molecule has 2 N–H and O–H groups in total. The highest BCUT2D eigenvalue weighted by Crippen LogP contribution is 2.22. The van der Waals surface area contributed by atoms with E-state index in [1.807, 2.05) is 29.2 Å². The van der Waals surface area contributed by atoms with Crippen LogP contribution in [-0.2, 0) is 4.79 Å². The Morgan fingerprint density at radius 2 is 2.05 bits per heavy atom. The van der Waals surface area contributed by atoms with Crippen molar-refractivity contribution in [3.8, 4) is 0 Å². The van der Waals surface area contributed by atoms with Crippen molar-refractivity contribution in [2.75, 3.05) is 29.2 Å². The average molecular weight is 283 g/mol. The van der Waals surface area contributed by atoms with Gasteiger partial charge in [0.1, 0.15) is 0 Å². The Labute approximate surface area is 118 Å². The fraction of sp³-hybridized carbons (Fsp3) is 0.500. The fourth-order valence-corrected chi connectivity index (χ4v) is 2.24. The van der Waals surface area contributed by atoms with Crippen LogP contribution in [0.25, 0.3) is 0 Å². The maximum Gasteiger partial charge on any atom is 0.226 e. The van der Waals surface area contributed by atoms with Crippen LogP contribution in [0.4, 0.5) is 11.4 Å². The molecule has 1 atom stereocenters. The van der Waals surface area contributed by atoms with Crippen LogP contribution in [0.3, 0.4) is 0 Å². The molecule has 0 radical (unpaired) electrons. The molecule has 1 aromatic carbocycles. The number of hydrogen-bond acceptors (Lipinski definition) is 3. The number of carbonyl (C=O) groups is 1. The summed E-state index contributed by atoms with van der Waals surface area (Å²) in [4.78, 5) is 13.6. The van der Waals surface area contributed by atoms with Crippen molar-refractivity contribution in [2.24, 2.45) is 0 Å². The number of benzene rings is 1. The summed E-state index contributed by atoms with van der Waals surface area (Å²) >= 11 is 5.53. The predicted octanol–water partition coefficient (Wildman–Crippen LogP) is 2.22. The molecule has 19 heavy (non-hydrogen) atoms. The first kappa shape index (κ1) is 14.2. The lowest BCUT2D eigenvalue weighted by atomic mass is 10.1. The van der Waals surface area contributed by atoms with Gasteiger partial charge in [0, 0.05) is 30.9 Å². The zero-order valence-corrected chi connectivity index (χ0v) is 11.6. The van der Waals surface area contributed by atoms with Crippen molar-refractivity contribution in [3.05, 3.63) is 24.3 Å². The largest absolute Gasteiger partial charge is 0.390 e. The van der Waals surface area contributed by atoms with Crippen molar-refractivity contribution in [2.45, 2.75) is 25.4 Å². The third kappa shape index (κ3) is 3.85. The summed E-state index contributed by atoms with van der Waals surface area (Å²) in [6, 6.07) is 7.69. The molecule has 1 aliphatic rings. The third-order valence-electron chi connectivity index (χ3n) is 3.22. The standard InChI is InChI=1S/C14H19ClN2O2/c15-9-13(18)10-16-11-4-6-12(7-5-11)17-8-2-1-3-14(17)19/h4-7,13,16,18H,1-3,8-10H2. The molecule has 1 saturated heterocycles. The lowest BCUT2D eigenvalue weighted by Gasteiger charge is -2.27. The molecular formula is C14H19ClN2O2. The number of anilines is 2. The highest BCUT2D eigenvalue weighted by molar-refractivity contribution is 6.18. The van der Waals surface area contributed by atoms with Gasteiger partial charge in [-0.15, -0.1) is 11.6 Å². The van der Waals surface area contributed by atoms with Crippen LogP contribution in [-0.4, -0.2) is 36.1 Å². The summed E-state index contributed by atoms with van der Waals surface area (Å²) < 4.78 is 0. The molecule has 1 fully saturated rings. The van der Waals surface area contributed by atoms with E-state index in [0.717, 1.165) is 30.8 Å². The van der Waals surface area contributed by atoms with E-state index < -0.39 is 6.10 Å². The number of amides is 1. The summed E-state index contributed by atoms with van der Waals surface area (Å²) in [5.74, 6) is 0.414. The molecule has 5 heteroatoms. The molecule has 1 unspecified atom stereocenters. The topological polar surface area (TPSA) is 52.6 Å². The number of nitrogens with one attached hydrogen (secondary N) is 1. The molecule has 4 nitrogen and oxygen atoms in total. The average Bonchev–Trinajstić information content (AvgIpc) is 2.46. The van der Waals surface area contributed by atoms with Crippen LogP contribution >= 0.6 is 11.6 Å². The zero-order chi connectivity index (χ0) is 13.7. The Morgan fingerprint density at radius 1 is 1.32 bits per heavy atom. The minimum Gasteiger partial charge on any atom is -0.390 e. The van der Waals surface area contributed by atoms with Gasteiger partial charge in [0.2, 0.25) is 5.91 Å². The van der Waals surface area contributed by atoms with E-state index in [1.165, 1.54) is 0 Å². The molecule has 1 aromatic rings. The highest BCUT2D eigenvalue weighted by atomic mass is 35.5. The quantitative estimate of drug-likeness (QED) is 0.814. The molecule has 2 rings (SSSR count). The number of nitrogens with zero attached hydrogens (tertiary/aromatic N) is 1. The number of alkyl halides is 1. The summed E-state index contributed by atoms with van der Waals surface area (Å²) in [6.07, 6.45) is 2.14. The van der Waals surface area contributed by atoms with Crippen LogP contribution in [0.1, 0.15) is 19.3 Å². The SMILES string of the molecule is O=C1CCCCN1c1ccc(NCC(O)CCl)cc1. The van der Waals surface area contributed by atoms with E-state index in [2.05, 4.69) is 5.32 Å². The minimum absolute atomic E-state index is 0.199. The number of hydrogen-bond donors (Lipinski definition) is 2. The first-order chi connectivity index (χ1) is 9.20. The number of rotatable bonds is 5. The van der Waals surface area contributed by atoms with Gasteiger partial charge in [-0.2, -0.15) is 0 Å². The Hall–Kier alpha value is -1.26. The monoisotopic (exact) mass is 282 g/mol. The van der Waals surface area contributed by atoms with Crippen molar-refractivity contribution in [1.82, 2.24) is 0 Å². The fourth-order valence-electron chi connectivity index (χ4n) is 2.13. The van der Waals surface area contributed by atoms with Gasteiger partial charge in [-0.3, -0.25) is 4.79 Å². The first-order valence-corrected chi connectivity index (χ1v) is 7.12. The van der Waals surface area contributed by atoms with Crippen molar-refractivity contribution >= 4 is 28.9 Å². The predicted molar refractivity (Wildman–Crippen MR) is 77.9 cm³/mol. The molecule has 1 aliphatic heterocycles. The highest BCUT2D eigenvalue weighted by Gasteiger charge is 2.19. The van der Waals surface area contributed by atoms with Crippen LogP contribution < -0.4 is 10.2 Å². The Balaban J connectivity index is 1.95. The van der Waals surface area contributed by atoms with Crippen LogP contribution in [0.2, 0.25) is 0 Å². The van der Waals surface area contributed by atoms with Crippen molar-refractivity contribution in [1.29, 1.82) is 0 Å². The molecular weight excluding hydrogens is 264 g/mol. The van der Waals surface area contributed by atoms with E-state index in [-0.39, 0.29) is 11.8 Å². The van der Waals surface area contributed by atoms with E-state index in [9.17, 15) is 9.90 Å². The first-order valence-electron chi connectivity index (χ1n) is 6.59. The molecule has 0 spiro atoms. The molecule has 1 amide bonds. The minimum atomic E-state index is -0.551. The summed E-state index contributed by atoms with van der Waals surface area (Å²) in [5.41, 5.74) is 1.85. The number of aliphatic hydroxyl groups excluding tert-OH is 1. The van der Waals surface area contributed by atoms with Gasteiger partial charge in [-0.1, -0.05) is 0 Å². The van der Waals surface area contributed by atoms with E-state index in [4.69, 9.17) is 11.6 Å². The van der Waals surface area contributed by atoms with E-state index in [0.29, 0.717) is 13.0 Å². The number of halogens is 1. The third-order valence-corrected chi connectivity index (χ3v) is 3.58. The number of aliphatic hydroxyl groups is 1. The van der Waals surface area contributed by atoms with E-state index in [1.54, 1.807) is 0 Å². The van der Waals surface area contributed by atoms with Gasteiger partial charge in [-0.25, -0.2) is 0 Å². The lowest BCUT2D eigenvalue weighted by Crippen LogP contribution is -2.35. The normalized spacial score (nSPS) is 17.4. The van der Waals surface area contributed by atoms with Crippen LogP contribution in [0.5, 0.6) is 0 Å². The number of piperidine rings is 1. The second-order valence-corrected chi connectivity index (χ2v) is 5.05. The summed E-state index contributed by atoms with van der Waals surface area (Å²) in [7, 11) is 0.